The summed E-state index contributed by atoms with van der Waals surface area (Å²) in [5.41, 5.74) is 3.21. The molecule has 0 unspecified atom stereocenters. The molecular weight excluding hydrogens is 431 g/mol. The highest BCUT2D eigenvalue weighted by molar-refractivity contribution is 7.15. The van der Waals surface area contributed by atoms with Crippen LogP contribution in [0.1, 0.15) is 21.7 Å². The Hall–Kier alpha value is -3.03. The molecule has 0 saturated carbocycles. The predicted molar refractivity (Wildman–Crippen MR) is 120 cm³/mol. The van der Waals surface area contributed by atoms with Gasteiger partial charge in [0.1, 0.15) is 0 Å². The maximum atomic E-state index is 12.8. The van der Waals surface area contributed by atoms with Crippen molar-refractivity contribution in [3.63, 3.8) is 0 Å². The van der Waals surface area contributed by atoms with Crippen molar-refractivity contribution in [1.29, 1.82) is 0 Å². The minimum absolute atomic E-state index is 0.469. The van der Waals surface area contributed by atoms with Gasteiger partial charge in [-0.2, -0.15) is 13.2 Å². The molecule has 1 aliphatic heterocycles. The molecule has 2 aromatic heterocycles. The van der Waals surface area contributed by atoms with E-state index in [9.17, 15) is 13.2 Å². The van der Waals surface area contributed by atoms with Crippen LogP contribution >= 0.6 is 11.3 Å². The van der Waals surface area contributed by atoms with E-state index in [0.29, 0.717) is 11.4 Å². The Balaban J connectivity index is 1.27. The number of nitrogens with zero attached hydrogens (tertiary/aromatic N) is 3. The van der Waals surface area contributed by atoms with Gasteiger partial charge < -0.3 is 0 Å². The van der Waals surface area contributed by atoms with Crippen LogP contribution in [0.5, 0.6) is 0 Å². The molecule has 0 atom stereocenters. The van der Waals surface area contributed by atoms with Gasteiger partial charge in [0.05, 0.1) is 11.3 Å². The number of aromatic nitrogens is 2. The summed E-state index contributed by atoms with van der Waals surface area (Å²) in [6, 6.07) is 19.7. The zero-order valence-electron chi connectivity index (χ0n) is 17.1. The van der Waals surface area contributed by atoms with Gasteiger partial charge in [-0.25, -0.2) is 9.97 Å². The van der Waals surface area contributed by atoms with Crippen LogP contribution in [0.2, 0.25) is 0 Å². The van der Waals surface area contributed by atoms with Crippen molar-refractivity contribution in [2.45, 2.75) is 25.7 Å². The van der Waals surface area contributed by atoms with Gasteiger partial charge in [-0.05, 0) is 29.8 Å². The number of alkyl halides is 3. The fraction of sp³-hybridized carbons (Fsp3) is 0.200. The van der Waals surface area contributed by atoms with Crippen LogP contribution in [0.4, 0.5) is 13.2 Å². The van der Waals surface area contributed by atoms with Gasteiger partial charge in [0.2, 0.25) is 0 Å². The highest BCUT2D eigenvalue weighted by Crippen LogP contribution is 2.32. The van der Waals surface area contributed by atoms with Crippen molar-refractivity contribution >= 4 is 11.3 Å². The molecule has 0 bridgehead atoms. The lowest BCUT2D eigenvalue weighted by Crippen LogP contribution is -2.30. The largest absolute Gasteiger partial charge is 0.416 e. The molecule has 32 heavy (non-hydrogen) atoms. The lowest BCUT2D eigenvalue weighted by Gasteiger charge is -2.27. The van der Waals surface area contributed by atoms with Gasteiger partial charge in [0, 0.05) is 53.1 Å². The topological polar surface area (TPSA) is 29.0 Å². The van der Waals surface area contributed by atoms with Gasteiger partial charge in [-0.1, -0.05) is 42.5 Å². The predicted octanol–water partition coefficient (Wildman–Crippen LogP) is 6.45. The number of thiophene rings is 1. The highest BCUT2D eigenvalue weighted by atomic mass is 32.1. The van der Waals surface area contributed by atoms with E-state index < -0.39 is 11.7 Å². The maximum Gasteiger partial charge on any atom is 0.416 e. The average Bonchev–Trinajstić information content (AvgIpc) is 3.27. The molecule has 0 spiro atoms. The van der Waals surface area contributed by atoms with E-state index in [2.05, 4.69) is 51.3 Å². The minimum atomic E-state index is -4.34. The van der Waals surface area contributed by atoms with Crippen LogP contribution in [-0.4, -0.2) is 21.4 Å². The quantitative estimate of drug-likeness (QED) is 0.357. The van der Waals surface area contributed by atoms with Gasteiger partial charge in [0.25, 0.3) is 0 Å². The first-order valence-corrected chi connectivity index (χ1v) is 11.2. The molecule has 7 heteroatoms. The molecule has 5 rings (SSSR count). The molecule has 0 fully saturated rings. The normalized spacial score (nSPS) is 14.3. The molecular formula is C25H20F3N3S. The third kappa shape index (κ3) is 4.45. The average molecular weight is 452 g/mol. The summed E-state index contributed by atoms with van der Waals surface area (Å²) >= 11 is 1.81. The minimum Gasteiger partial charge on any atom is -0.293 e. The van der Waals surface area contributed by atoms with E-state index >= 15 is 0 Å². The zero-order valence-corrected chi connectivity index (χ0v) is 18.0. The maximum absolute atomic E-state index is 12.8. The standard InChI is InChI=1S/C25H20F3N3S/c26-25(27,28)20-8-6-18(7-9-20)24-29-14-19-15-31(13-12-22(19)30-24)16-21-10-11-23(32-21)17-4-2-1-3-5-17/h1-11,14H,12-13,15-16H2. The van der Waals surface area contributed by atoms with Crippen molar-refractivity contribution in [2.24, 2.45) is 0 Å². The van der Waals surface area contributed by atoms with Gasteiger partial charge >= 0.3 is 6.18 Å². The summed E-state index contributed by atoms with van der Waals surface area (Å²) < 4.78 is 38.4. The Morgan fingerprint density at radius 1 is 0.906 bits per heavy atom. The Bertz CT molecular complexity index is 1220. The molecule has 1 aliphatic rings. The summed E-state index contributed by atoms with van der Waals surface area (Å²) in [5, 5.41) is 0. The van der Waals surface area contributed by atoms with Gasteiger partial charge in [-0.3, -0.25) is 4.90 Å². The summed E-state index contributed by atoms with van der Waals surface area (Å²) in [6.45, 7) is 2.52. The van der Waals surface area contributed by atoms with Crippen molar-refractivity contribution in [3.8, 4) is 21.8 Å². The third-order valence-electron chi connectivity index (χ3n) is 5.58. The molecule has 162 valence electrons. The number of benzene rings is 2. The molecule has 0 saturated heterocycles. The number of hydrogen-bond donors (Lipinski definition) is 0. The van der Waals surface area contributed by atoms with Crippen molar-refractivity contribution in [1.82, 2.24) is 14.9 Å². The Labute approximate surface area is 188 Å². The van der Waals surface area contributed by atoms with Crippen LogP contribution in [0, 0.1) is 0 Å². The molecule has 0 N–H and O–H groups in total. The zero-order chi connectivity index (χ0) is 22.1. The second kappa shape index (κ2) is 8.48. The fourth-order valence-corrected chi connectivity index (χ4v) is 4.95. The van der Waals surface area contributed by atoms with Crippen LogP contribution in [0.15, 0.2) is 72.9 Å². The van der Waals surface area contributed by atoms with E-state index in [4.69, 9.17) is 0 Å². The van der Waals surface area contributed by atoms with Gasteiger partial charge in [-0.15, -0.1) is 11.3 Å². The lowest BCUT2D eigenvalue weighted by atomic mass is 10.1. The van der Waals surface area contributed by atoms with Crippen LogP contribution in [0.25, 0.3) is 21.8 Å². The highest BCUT2D eigenvalue weighted by Gasteiger charge is 2.30. The lowest BCUT2D eigenvalue weighted by molar-refractivity contribution is -0.137. The smallest absolute Gasteiger partial charge is 0.293 e. The Morgan fingerprint density at radius 2 is 1.69 bits per heavy atom. The van der Waals surface area contributed by atoms with Crippen molar-refractivity contribution in [3.05, 3.63) is 94.6 Å². The Morgan fingerprint density at radius 3 is 2.44 bits per heavy atom. The van der Waals surface area contributed by atoms with Crippen LogP contribution in [-0.2, 0) is 25.7 Å². The summed E-state index contributed by atoms with van der Waals surface area (Å²) in [4.78, 5) is 14.0. The summed E-state index contributed by atoms with van der Waals surface area (Å²) in [6.07, 6.45) is -1.74. The number of hydrogen-bond acceptors (Lipinski definition) is 4. The van der Waals surface area contributed by atoms with E-state index in [1.165, 1.54) is 27.5 Å². The SMILES string of the molecule is FC(F)(F)c1ccc(-c2ncc3c(n2)CCN(Cc2ccc(-c4ccccc4)s2)C3)cc1. The molecule has 3 nitrogen and oxygen atoms in total. The molecule has 4 aromatic rings. The second-order valence-corrected chi connectivity index (χ2v) is 9.00. The molecule has 0 amide bonds. The second-order valence-electron chi connectivity index (χ2n) is 7.83. The third-order valence-corrected chi connectivity index (χ3v) is 6.70. The summed E-state index contributed by atoms with van der Waals surface area (Å²) in [7, 11) is 0. The first-order valence-electron chi connectivity index (χ1n) is 10.3. The van der Waals surface area contributed by atoms with E-state index in [1.54, 1.807) is 0 Å². The molecule has 2 aromatic carbocycles. The fourth-order valence-electron chi connectivity index (χ4n) is 3.90. The number of rotatable bonds is 4. The molecule has 0 radical (unpaired) electrons. The van der Waals surface area contributed by atoms with Crippen molar-refractivity contribution in [2.75, 3.05) is 6.54 Å². The van der Waals surface area contributed by atoms with Crippen LogP contribution < -0.4 is 0 Å². The monoisotopic (exact) mass is 451 g/mol. The number of halogens is 3. The Kier molecular flexibility index (Phi) is 5.53. The van der Waals surface area contributed by atoms with Crippen LogP contribution in [0.3, 0.4) is 0 Å². The van der Waals surface area contributed by atoms with E-state index in [0.717, 1.165) is 49.4 Å². The van der Waals surface area contributed by atoms with E-state index in [-0.39, 0.29) is 0 Å². The number of fused-ring (bicyclic) bond motifs is 1. The first kappa shape index (κ1) is 20.8. The van der Waals surface area contributed by atoms with E-state index in [1.807, 2.05) is 23.6 Å². The van der Waals surface area contributed by atoms with Crippen molar-refractivity contribution < 1.29 is 13.2 Å². The molecule has 3 heterocycles. The summed E-state index contributed by atoms with van der Waals surface area (Å²) in [5.74, 6) is 0.469. The molecule has 0 aliphatic carbocycles. The first-order chi connectivity index (χ1) is 15.5. The van der Waals surface area contributed by atoms with Gasteiger partial charge in [0.15, 0.2) is 5.82 Å².